The van der Waals surface area contributed by atoms with Crippen molar-refractivity contribution in [3.63, 3.8) is 0 Å². The molecule has 0 atom stereocenters. The minimum absolute atomic E-state index is 0.000906. The molecular formula is C13H17NO2. The van der Waals surface area contributed by atoms with Crippen LogP contribution in [0.15, 0.2) is 24.5 Å². The smallest absolute Gasteiger partial charge is 0.308 e. The van der Waals surface area contributed by atoms with Gasteiger partial charge < -0.3 is 4.74 Å². The van der Waals surface area contributed by atoms with Crippen LogP contribution < -0.4 is 0 Å². The molecule has 1 fully saturated rings. The first-order valence-corrected chi connectivity index (χ1v) is 5.92. The van der Waals surface area contributed by atoms with Gasteiger partial charge in [0.25, 0.3) is 0 Å². The molecule has 0 aromatic carbocycles. The number of hydrogen-bond donors (Lipinski definition) is 0. The van der Waals surface area contributed by atoms with Gasteiger partial charge in [0, 0.05) is 12.4 Å². The van der Waals surface area contributed by atoms with Crippen molar-refractivity contribution in [3.05, 3.63) is 30.1 Å². The number of rotatable bonds is 5. The Labute approximate surface area is 95.8 Å². The van der Waals surface area contributed by atoms with Crippen LogP contribution in [0.4, 0.5) is 0 Å². The molecule has 2 rings (SSSR count). The molecule has 0 radical (unpaired) electrons. The molecule has 1 aromatic heterocycles. The fourth-order valence-corrected chi connectivity index (χ4v) is 1.76. The molecule has 0 amide bonds. The summed E-state index contributed by atoms with van der Waals surface area (Å²) in [7, 11) is 0. The first-order valence-electron chi connectivity index (χ1n) is 5.92. The standard InChI is InChI=1S/C13H17NO2/c15-13(12-4-1-5-12)16-10-2-3-11-6-8-14-9-7-11/h6-9,12H,1-5,10H2. The third kappa shape index (κ3) is 3.05. The van der Waals surface area contributed by atoms with Crippen LogP contribution in [0, 0.1) is 5.92 Å². The summed E-state index contributed by atoms with van der Waals surface area (Å²) < 4.78 is 5.21. The summed E-state index contributed by atoms with van der Waals surface area (Å²) in [5, 5.41) is 0. The Hall–Kier alpha value is -1.38. The summed E-state index contributed by atoms with van der Waals surface area (Å²) >= 11 is 0. The van der Waals surface area contributed by atoms with Gasteiger partial charge in [0.2, 0.25) is 0 Å². The number of carbonyl (C=O) groups is 1. The van der Waals surface area contributed by atoms with Gasteiger partial charge in [-0.15, -0.1) is 0 Å². The summed E-state index contributed by atoms with van der Waals surface area (Å²) in [5.74, 6) is 0.196. The predicted octanol–water partition coefficient (Wildman–Crippen LogP) is 2.36. The zero-order valence-electron chi connectivity index (χ0n) is 9.39. The molecular weight excluding hydrogens is 202 g/mol. The van der Waals surface area contributed by atoms with Crippen molar-refractivity contribution in [1.82, 2.24) is 4.98 Å². The number of nitrogens with zero attached hydrogens (tertiary/aromatic N) is 1. The van der Waals surface area contributed by atoms with Crippen LogP contribution in [0.2, 0.25) is 0 Å². The normalized spacial score (nSPS) is 15.5. The molecule has 16 heavy (non-hydrogen) atoms. The lowest BCUT2D eigenvalue weighted by atomic mass is 9.86. The molecule has 3 heteroatoms. The topological polar surface area (TPSA) is 39.2 Å². The van der Waals surface area contributed by atoms with E-state index < -0.39 is 0 Å². The van der Waals surface area contributed by atoms with Crippen LogP contribution in [-0.2, 0) is 16.0 Å². The second-order valence-corrected chi connectivity index (χ2v) is 4.25. The molecule has 0 unspecified atom stereocenters. The molecule has 0 spiro atoms. The average Bonchev–Trinajstić information content (AvgIpc) is 2.23. The third-order valence-electron chi connectivity index (χ3n) is 3.04. The van der Waals surface area contributed by atoms with Gasteiger partial charge >= 0.3 is 5.97 Å². The van der Waals surface area contributed by atoms with Crippen molar-refractivity contribution in [2.24, 2.45) is 5.92 Å². The zero-order valence-corrected chi connectivity index (χ0v) is 9.39. The van der Waals surface area contributed by atoms with Crippen LogP contribution in [0.3, 0.4) is 0 Å². The van der Waals surface area contributed by atoms with Crippen LogP contribution >= 0.6 is 0 Å². The lowest BCUT2D eigenvalue weighted by molar-refractivity contribution is -0.151. The highest BCUT2D eigenvalue weighted by Crippen LogP contribution is 2.27. The van der Waals surface area contributed by atoms with Gasteiger partial charge in [0.1, 0.15) is 0 Å². The Morgan fingerprint density at radius 1 is 1.38 bits per heavy atom. The van der Waals surface area contributed by atoms with Crippen molar-refractivity contribution < 1.29 is 9.53 Å². The summed E-state index contributed by atoms with van der Waals surface area (Å²) in [5.41, 5.74) is 1.25. The predicted molar refractivity (Wildman–Crippen MR) is 60.9 cm³/mol. The van der Waals surface area contributed by atoms with Crippen molar-refractivity contribution >= 4 is 5.97 Å². The fraction of sp³-hybridized carbons (Fsp3) is 0.538. The Morgan fingerprint density at radius 2 is 2.12 bits per heavy atom. The Balaban J connectivity index is 1.60. The summed E-state index contributed by atoms with van der Waals surface area (Å²) in [6.07, 6.45) is 8.62. The van der Waals surface area contributed by atoms with Crippen LogP contribution in [0.5, 0.6) is 0 Å². The first-order chi connectivity index (χ1) is 7.86. The fourth-order valence-electron chi connectivity index (χ4n) is 1.76. The quantitative estimate of drug-likeness (QED) is 0.563. The van der Waals surface area contributed by atoms with Gasteiger partial charge in [-0.1, -0.05) is 6.42 Å². The highest BCUT2D eigenvalue weighted by atomic mass is 16.5. The number of carbonyl (C=O) groups excluding carboxylic acids is 1. The van der Waals surface area contributed by atoms with Crippen molar-refractivity contribution in [1.29, 1.82) is 0 Å². The Bertz CT molecular complexity index is 333. The summed E-state index contributed by atoms with van der Waals surface area (Å²) in [4.78, 5) is 15.4. The number of esters is 1. The molecule has 0 N–H and O–H groups in total. The van der Waals surface area contributed by atoms with E-state index in [9.17, 15) is 4.79 Å². The number of ether oxygens (including phenoxy) is 1. The molecule has 0 saturated heterocycles. The lowest BCUT2D eigenvalue weighted by Gasteiger charge is -2.22. The van der Waals surface area contributed by atoms with E-state index in [1.54, 1.807) is 12.4 Å². The van der Waals surface area contributed by atoms with Crippen LogP contribution in [-0.4, -0.2) is 17.6 Å². The average molecular weight is 219 g/mol. The first kappa shape index (κ1) is 11.1. The van der Waals surface area contributed by atoms with Crippen molar-refractivity contribution in [3.8, 4) is 0 Å². The van der Waals surface area contributed by atoms with E-state index in [4.69, 9.17) is 4.74 Å². The van der Waals surface area contributed by atoms with E-state index >= 15 is 0 Å². The van der Waals surface area contributed by atoms with Gasteiger partial charge in [-0.05, 0) is 43.4 Å². The largest absolute Gasteiger partial charge is 0.465 e. The van der Waals surface area contributed by atoms with Gasteiger partial charge in [-0.2, -0.15) is 0 Å². The Kier molecular flexibility index (Phi) is 3.91. The van der Waals surface area contributed by atoms with Crippen molar-refractivity contribution in [2.45, 2.75) is 32.1 Å². The molecule has 1 aliphatic carbocycles. The van der Waals surface area contributed by atoms with Gasteiger partial charge in [0.05, 0.1) is 12.5 Å². The monoisotopic (exact) mass is 219 g/mol. The van der Waals surface area contributed by atoms with E-state index in [2.05, 4.69) is 4.98 Å². The third-order valence-corrected chi connectivity index (χ3v) is 3.04. The van der Waals surface area contributed by atoms with E-state index in [1.165, 1.54) is 12.0 Å². The molecule has 3 nitrogen and oxygen atoms in total. The summed E-state index contributed by atoms with van der Waals surface area (Å²) in [6.45, 7) is 0.539. The molecule has 0 aliphatic heterocycles. The molecule has 1 heterocycles. The maximum absolute atomic E-state index is 11.4. The second kappa shape index (κ2) is 5.64. The van der Waals surface area contributed by atoms with Gasteiger partial charge in [0.15, 0.2) is 0 Å². The zero-order chi connectivity index (χ0) is 11.2. The molecule has 1 aliphatic rings. The highest BCUT2D eigenvalue weighted by molar-refractivity contribution is 5.73. The SMILES string of the molecule is O=C(OCCCc1ccncc1)C1CCC1. The lowest BCUT2D eigenvalue weighted by Crippen LogP contribution is -2.24. The van der Waals surface area contributed by atoms with Crippen molar-refractivity contribution in [2.75, 3.05) is 6.61 Å². The van der Waals surface area contributed by atoms with E-state index in [1.807, 2.05) is 12.1 Å². The summed E-state index contributed by atoms with van der Waals surface area (Å²) in [6, 6.07) is 3.99. The van der Waals surface area contributed by atoms with Crippen LogP contribution in [0.1, 0.15) is 31.2 Å². The van der Waals surface area contributed by atoms with E-state index in [0.29, 0.717) is 6.61 Å². The number of pyridine rings is 1. The Morgan fingerprint density at radius 3 is 2.75 bits per heavy atom. The molecule has 1 aromatic rings. The van der Waals surface area contributed by atoms with Gasteiger partial charge in [-0.3, -0.25) is 9.78 Å². The minimum Gasteiger partial charge on any atom is -0.465 e. The maximum Gasteiger partial charge on any atom is 0.308 e. The number of aryl methyl sites for hydroxylation is 1. The number of aromatic nitrogens is 1. The molecule has 0 bridgehead atoms. The second-order valence-electron chi connectivity index (χ2n) is 4.25. The van der Waals surface area contributed by atoms with E-state index in [0.717, 1.165) is 25.7 Å². The van der Waals surface area contributed by atoms with E-state index in [-0.39, 0.29) is 11.9 Å². The molecule has 86 valence electrons. The minimum atomic E-state index is 0.000906. The molecule has 1 saturated carbocycles. The highest BCUT2D eigenvalue weighted by Gasteiger charge is 2.26. The number of hydrogen-bond acceptors (Lipinski definition) is 3. The van der Waals surface area contributed by atoms with Gasteiger partial charge in [-0.25, -0.2) is 0 Å². The maximum atomic E-state index is 11.4. The van der Waals surface area contributed by atoms with Crippen LogP contribution in [0.25, 0.3) is 0 Å².